The second-order valence-electron chi connectivity index (χ2n) is 7.36. The lowest BCUT2D eigenvalue weighted by Gasteiger charge is -2.16. The lowest BCUT2D eigenvalue weighted by molar-refractivity contribution is -0.280. The number of nitrogens with one attached hydrogen (secondary N) is 1. The maximum atomic E-state index is 14.5. The highest BCUT2D eigenvalue weighted by atomic mass is 19.4. The fraction of sp³-hybridized carbons (Fsp3) is 0.167. The first kappa shape index (κ1) is 28.2. The smallest absolute Gasteiger partial charge is 0.496 e. The molecule has 0 spiro atoms. The Morgan fingerprint density at radius 3 is 1.79 bits per heavy atom. The van der Waals surface area contributed by atoms with Gasteiger partial charge >= 0.3 is 18.4 Å². The third kappa shape index (κ3) is 6.69. The standard InChI is InChI=1S/C24H16F8N2O4/c1-36-20-10-15(13-4-6-19(17(26)8-13)34-22(35)23(27,28)29)21(37-2)9-14(20)12-3-5-18(16(25)7-12)33-11-38-24(30,31)32/h3-11H,1-2H3,(H,34,35). The van der Waals surface area contributed by atoms with Crippen LogP contribution in [0.1, 0.15) is 0 Å². The average molecular weight is 548 g/mol. The number of carbonyl (C=O) groups excluding carboxylic acids is 1. The van der Waals surface area contributed by atoms with E-state index in [-0.39, 0.29) is 40.2 Å². The van der Waals surface area contributed by atoms with Gasteiger partial charge in [-0.1, -0.05) is 12.1 Å². The molecule has 0 aliphatic heterocycles. The summed E-state index contributed by atoms with van der Waals surface area (Å²) in [7, 11) is 2.57. The van der Waals surface area contributed by atoms with Gasteiger partial charge in [0.05, 0.1) is 19.9 Å². The molecule has 202 valence electrons. The normalized spacial score (nSPS) is 11.9. The summed E-state index contributed by atoms with van der Waals surface area (Å²) in [6, 6.07) is 9.29. The number of benzene rings is 3. The predicted octanol–water partition coefficient (Wildman–Crippen LogP) is 7.01. The lowest BCUT2D eigenvalue weighted by Crippen LogP contribution is -2.30. The van der Waals surface area contributed by atoms with Crippen LogP contribution in [0, 0.1) is 11.6 Å². The van der Waals surface area contributed by atoms with E-state index in [2.05, 4.69) is 9.73 Å². The minimum atomic E-state index is -5.21. The average Bonchev–Trinajstić information content (AvgIpc) is 2.84. The third-order valence-corrected chi connectivity index (χ3v) is 4.94. The molecule has 0 radical (unpaired) electrons. The molecule has 0 saturated heterocycles. The van der Waals surface area contributed by atoms with Crippen LogP contribution in [0.25, 0.3) is 22.3 Å². The molecule has 0 unspecified atom stereocenters. The first-order valence-corrected chi connectivity index (χ1v) is 10.2. The van der Waals surface area contributed by atoms with E-state index in [4.69, 9.17) is 9.47 Å². The molecular formula is C24H16F8N2O4. The minimum absolute atomic E-state index is 0.0510. The Hall–Kier alpha value is -4.36. The third-order valence-electron chi connectivity index (χ3n) is 4.94. The second-order valence-corrected chi connectivity index (χ2v) is 7.36. The van der Waals surface area contributed by atoms with Crippen molar-refractivity contribution in [1.82, 2.24) is 0 Å². The highest BCUT2D eigenvalue weighted by Gasteiger charge is 2.39. The first-order valence-electron chi connectivity index (χ1n) is 10.2. The number of amides is 1. The fourth-order valence-corrected chi connectivity index (χ4v) is 3.25. The zero-order chi connectivity index (χ0) is 28.3. The van der Waals surface area contributed by atoms with Gasteiger partial charge in [0, 0.05) is 11.1 Å². The number of alkyl halides is 6. The molecule has 3 aromatic carbocycles. The van der Waals surface area contributed by atoms with Crippen molar-refractivity contribution in [3.63, 3.8) is 0 Å². The van der Waals surface area contributed by atoms with E-state index < -0.39 is 41.5 Å². The van der Waals surface area contributed by atoms with Crippen LogP contribution in [0.3, 0.4) is 0 Å². The van der Waals surface area contributed by atoms with Gasteiger partial charge in [0.1, 0.15) is 28.8 Å². The number of rotatable bonds is 7. The van der Waals surface area contributed by atoms with Gasteiger partial charge in [-0.05, 0) is 47.5 Å². The molecule has 0 atom stereocenters. The summed E-state index contributed by atoms with van der Waals surface area (Å²) in [5.41, 5.74) is -0.243. The van der Waals surface area contributed by atoms with E-state index in [1.165, 1.54) is 43.8 Å². The summed E-state index contributed by atoms with van der Waals surface area (Å²) in [5.74, 6) is -4.20. The van der Waals surface area contributed by atoms with Crippen molar-refractivity contribution in [1.29, 1.82) is 0 Å². The van der Waals surface area contributed by atoms with Gasteiger partial charge in [-0.15, -0.1) is 13.2 Å². The van der Waals surface area contributed by atoms with Crippen molar-refractivity contribution in [2.45, 2.75) is 12.5 Å². The summed E-state index contributed by atoms with van der Waals surface area (Å²) < 4.78 is 117. The Labute approximate surface area is 209 Å². The number of halogens is 8. The molecule has 0 aliphatic carbocycles. The number of carbonyl (C=O) groups is 1. The quantitative estimate of drug-likeness (QED) is 0.196. The zero-order valence-electron chi connectivity index (χ0n) is 19.3. The molecule has 38 heavy (non-hydrogen) atoms. The molecule has 14 heteroatoms. The van der Waals surface area contributed by atoms with Crippen molar-refractivity contribution >= 4 is 23.7 Å². The molecule has 0 aliphatic rings. The summed E-state index contributed by atoms with van der Waals surface area (Å²) in [6.45, 7) is 0. The number of anilines is 1. The molecule has 3 aromatic rings. The van der Waals surface area contributed by atoms with Gasteiger partial charge in [0.15, 0.2) is 6.40 Å². The van der Waals surface area contributed by atoms with Crippen LogP contribution in [0.5, 0.6) is 11.5 Å². The van der Waals surface area contributed by atoms with Crippen LogP contribution in [0.4, 0.5) is 46.5 Å². The fourth-order valence-electron chi connectivity index (χ4n) is 3.25. The Bertz CT molecular complexity index is 1370. The Morgan fingerprint density at radius 1 is 0.816 bits per heavy atom. The van der Waals surface area contributed by atoms with Crippen LogP contribution in [0.15, 0.2) is 53.5 Å². The van der Waals surface area contributed by atoms with Crippen LogP contribution in [0.2, 0.25) is 0 Å². The number of hydrogen-bond donors (Lipinski definition) is 1. The van der Waals surface area contributed by atoms with Crippen LogP contribution >= 0.6 is 0 Å². The number of methoxy groups -OCH3 is 2. The lowest BCUT2D eigenvalue weighted by atomic mass is 9.97. The summed E-state index contributed by atoms with van der Waals surface area (Å²) in [4.78, 5) is 14.4. The minimum Gasteiger partial charge on any atom is -0.496 e. The van der Waals surface area contributed by atoms with Crippen LogP contribution in [-0.4, -0.2) is 39.1 Å². The zero-order valence-corrected chi connectivity index (χ0v) is 19.3. The Morgan fingerprint density at radius 2 is 1.34 bits per heavy atom. The molecule has 0 bridgehead atoms. The molecule has 1 N–H and O–H groups in total. The van der Waals surface area contributed by atoms with Crippen molar-refractivity contribution in [3.8, 4) is 33.8 Å². The molecule has 0 fully saturated rings. The van der Waals surface area contributed by atoms with Gasteiger partial charge < -0.3 is 19.5 Å². The van der Waals surface area contributed by atoms with Crippen molar-refractivity contribution in [2.75, 3.05) is 19.5 Å². The first-order chi connectivity index (χ1) is 17.7. The van der Waals surface area contributed by atoms with E-state index >= 15 is 0 Å². The van der Waals surface area contributed by atoms with Gasteiger partial charge in [-0.3, -0.25) is 4.79 Å². The van der Waals surface area contributed by atoms with E-state index in [9.17, 15) is 39.9 Å². The van der Waals surface area contributed by atoms with E-state index in [0.717, 1.165) is 24.3 Å². The summed E-state index contributed by atoms with van der Waals surface area (Å²) in [6.07, 6.45) is -10.1. The van der Waals surface area contributed by atoms with Crippen molar-refractivity contribution < 1.29 is 54.1 Å². The van der Waals surface area contributed by atoms with Gasteiger partial charge in [0.25, 0.3) is 0 Å². The van der Waals surface area contributed by atoms with E-state index in [0.29, 0.717) is 0 Å². The molecule has 3 rings (SSSR count). The molecule has 0 aromatic heterocycles. The molecule has 0 heterocycles. The van der Waals surface area contributed by atoms with E-state index in [1.54, 1.807) is 0 Å². The Balaban J connectivity index is 1.98. The molecular weight excluding hydrogens is 532 g/mol. The second kappa shape index (κ2) is 10.9. The molecule has 1 amide bonds. The van der Waals surface area contributed by atoms with E-state index in [1.807, 2.05) is 0 Å². The summed E-state index contributed by atoms with van der Waals surface area (Å²) in [5, 5.41) is 1.44. The van der Waals surface area contributed by atoms with Gasteiger partial charge in [-0.2, -0.15) is 13.2 Å². The van der Waals surface area contributed by atoms with Crippen molar-refractivity contribution in [2.24, 2.45) is 4.99 Å². The Kier molecular flexibility index (Phi) is 8.13. The monoisotopic (exact) mass is 548 g/mol. The SMILES string of the molecule is COc1cc(-c2ccc(NC(=O)C(F)(F)F)c(F)c2)c(OC)cc1-c1ccc(N=COC(F)(F)F)c(F)c1. The number of ether oxygens (including phenoxy) is 3. The summed E-state index contributed by atoms with van der Waals surface area (Å²) >= 11 is 0. The predicted molar refractivity (Wildman–Crippen MR) is 120 cm³/mol. The maximum absolute atomic E-state index is 14.5. The number of hydrogen-bond acceptors (Lipinski definition) is 5. The number of aliphatic imine (C=N–C) groups is 1. The van der Waals surface area contributed by atoms with Crippen molar-refractivity contribution in [3.05, 3.63) is 60.2 Å². The maximum Gasteiger partial charge on any atom is 0.573 e. The van der Waals surface area contributed by atoms with Crippen LogP contribution in [-0.2, 0) is 9.53 Å². The highest BCUT2D eigenvalue weighted by molar-refractivity contribution is 5.95. The highest BCUT2D eigenvalue weighted by Crippen LogP contribution is 2.42. The molecule has 0 saturated carbocycles. The van der Waals surface area contributed by atoms with Gasteiger partial charge in [0.2, 0.25) is 0 Å². The topological polar surface area (TPSA) is 69.2 Å². The molecule has 6 nitrogen and oxygen atoms in total. The van der Waals surface area contributed by atoms with Crippen LogP contribution < -0.4 is 14.8 Å². The number of nitrogens with zero attached hydrogens (tertiary/aromatic N) is 1. The largest absolute Gasteiger partial charge is 0.573 e. The van der Waals surface area contributed by atoms with Gasteiger partial charge in [-0.25, -0.2) is 13.8 Å².